The molecule has 0 bridgehead atoms. The summed E-state index contributed by atoms with van der Waals surface area (Å²) in [5, 5.41) is 3.44. The number of aryl methyl sites for hydroxylation is 1. The molecule has 6 nitrogen and oxygen atoms in total. The van der Waals surface area contributed by atoms with Crippen molar-refractivity contribution >= 4 is 41.3 Å². The summed E-state index contributed by atoms with van der Waals surface area (Å²) in [6.07, 6.45) is 3.91. The van der Waals surface area contributed by atoms with Crippen LogP contribution in [0, 0.1) is 6.92 Å². The van der Waals surface area contributed by atoms with Gasteiger partial charge in [-0.25, -0.2) is 4.98 Å². The molecule has 0 aliphatic carbocycles. The highest BCUT2D eigenvalue weighted by atomic mass is 35.5. The quantitative estimate of drug-likeness (QED) is 0.769. The maximum atomic E-state index is 11.8. The molecule has 1 aromatic heterocycles. The first-order valence-electron chi connectivity index (χ1n) is 9.10. The van der Waals surface area contributed by atoms with E-state index in [1.165, 1.54) is 18.7 Å². The van der Waals surface area contributed by atoms with Crippen molar-refractivity contribution in [2.75, 3.05) is 16.8 Å². The van der Waals surface area contributed by atoms with Crippen LogP contribution in [-0.2, 0) is 9.59 Å². The summed E-state index contributed by atoms with van der Waals surface area (Å²) in [5.74, 6) is 0.393. The summed E-state index contributed by atoms with van der Waals surface area (Å²) in [7, 11) is 0. The Morgan fingerprint density at radius 1 is 1.21 bits per heavy atom. The number of allylic oxidation sites excluding steroid dienone is 1. The standard InChI is InChI=1S/C21H25ClN4O2/c1-6-26(16(5)28)21-23-14(3)19(20(25-21)24-15(4)27)12-7-13(2)17-8-10-18(22)11-9-17/h7-13H,6H2,1-5H3,(H,23,24,25,27). The van der Waals surface area contributed by atoms with Crippen molar-refractivity contribution in [1.29, 1.82) is 0 Å². The number of carbonyl (C=O) groups is 2. The lowest BCUT2D eigenvalue weighted by Crippen LogP contribution is -2.30. The fraction of sp³-hybridized carbons (Fsp3) is 0.333. The van der Waals surface area contributed by atoms with Crippen molar-refractivity contribution < 1.29 is 9.59 Å². The second-order valence-corrected chi connectivity index (χ2v) is 6.95. The summed E-state index contributed by atoms with van der Waals surface area (Å²) in [6.45, 7) is 9.07. The van der Waals surface area contributed by atoms with Crippen molar-refractivity contribution in [2.24, 2.45) is 0 Å². The summed E-state index contributed by atoms with van der Waals surface area (Å²) in [6, 6.07) is 7.66. The molecule has 1 unspecified atom stereocenters. The van der Waals surface area contributed by atoms with E-state index in [-0.39, 0.29) is 23.7 Å². The first-order chi connectivity index (χ1) is 13.2. The van der Waals surface area contributed by atoms with Gasteiger partial charge in [0.15, 0.2) is 0 Å². The maximum absolute atomic E-state index is 11.8. The molecule has 1 atom stereocenters. The summed E-state index contributed by atoms with van der Waals surface area (Å²) in [4.78, 5) is 33.9. The molecule has 1 N–H and O–H groups in total. The molecule has 0 aliphatic rings. The number of anilines is 2. The molecule has 148 valence electrons. The monoisotopic (exact) mass is 400 g/mol. The van der Waals surface area contributed by atoms with Gasteiger partial charge in [0.25, 0.3) is 0 Å². The molecule has 2 amide bonds. The van der Waals surface area contributed by atoms with E-state index in [4.69, 9.17) is 11.6 Å². The van der Waals surface area contributed by atoms with Gasteiger partial charge < -0.3 is 5.32 Å². The van der Waals surface area contributed by atoms with E-state index >= 15 is 0 Å². The number of aromatic nitrogens is 2. The van der Waals surface area contributed by atoms with Gasteiger partial charge in [-0.2, -0.15) is 4.98 Å². The first-order valence-corrected chi connectivity index (χ1v) is 9.48. The Bertz CT molecular complexity index is 894. The van der Waals surface area contributed by atoms with Crippen LogP contribution in [0.2, 0.25) is 5.02 Å². The van der Waals surface area contributed by atoms with E-state index in [1.54, 1.807) is 0 Å². The Hall–Kier alpha value is -2.73. The molecule has 0 spiro atoms. The Kier molecular flexibility index (Phi) is 7.29. The van der Waals surface area contributed by atoms with Crippen molar-refractivity contribution in [1.82, 2.24) is 9.97 Å². The average molecular weight is 401 g/mol. The third kappa shape index (κ3) is 5.39. The van der Waals surface area contributed by atoms with Crippen molar-refractivity contribution in [3.05, 3.63) is 52.2 Å². The van der Waals surface area contributed by atoms with Gasteiger partial charge >= 0.3 is 0 Å². The lowest BCUT2D eigenvalue weighted by molar-refractivity contribution is -0.116. The molecule has 1 heterocycles. The Labute approximate surface area is 170 Å². The third-order valence-corrected chi connectivity index (χ3v) is 4.56. The molecule has 2 rings (SSSR count). The van der Waals surface area contributed by atoms with Gasteiger partial charge in [-0.15, -0.1) is 0 Å². The number of carbonyl (C=O) groups excluding carboxylic acids is 2. The number of hydrogen-bond donors (Lipinski definition) is 1. The Balaban J connectivity index is 2.42. The normalized spacial score (nSPS) is 12.1. The molecule has 28 heavy (non-hydrogen) atoms. The van der Waals surface area contributed by atoms with Gasteiger partial charge in [0.2, 0.25) is 17.8 Å². The average Bonchev–Trinajstić information content (AvgIpc) is 2.61. The van der Waals surface area contributed by atoms with Crippen LogP contribution in [-0.4, -0.2) is 28.3 Å². The fourth-order valence-corrected chi connectivity index (χ4v) is 2.90. The molecule has 0 saturated carbocycles. The van der Waals surface area contributed by atoms with E-state index in [2.05, 4.69) is 22.2 Å². The summed E-state index contributed by atoms with van der Waals surface area (Å²) in [5.41, 5.74) is 2.50. The van der Waals surface area contributed by atoms with Gasteiger partial charge in [0.05, 0.1) is 5.69 Å². The van der Waals surface area contributed by atoms with Gasteiger partial charge in [0.1, 0.15) is 5.82 Å². The second-order valence-electron chi connectivity index (χ2n) is 6.52. The second kappa shape index (κ2) is 9.46. The van der Waals surface area contributed by atoms with Crippen LogP contribution < -0.4 is 10.2 Å². The molecule has 7 heteroatoms. The maximum Gasteiger partial charge on any atom is 0.234 e. The van der Waals surface area contributed by atoms with E-state index in [1.807, 2.05) is 50.3 Å². The number of hydrogen-bond acceptors (Lipinski definition) is 4. The zero-order chi connectivity index (χ0) is 20.8. The predicted octanol–water partition coefficient (Wildman–Crippen LogP) is 4.59. The smallest absolute Gasteiger partial charge is 0.234 e. The van der Waals surface area contributed by atoms with Crippen molar-refractivity contribution in [3.8, 4) is 0 Å². The van der Waals surface area contributed by atoms with E-state index in [0.29, 0.717) is 28.6 Å². The number of nitrogens with zero attached hydrogens (tertiary/aromatic N) is 3. The minimum absolute atomic E-state index is 0.130. The van der Waals surface area contributed by atoms with Crippen molar-refractivity contribution in [2.45, 2.75) is 40.5 Å². The Morgan fingerprint density at radius 2 is 1.86 bits per heavy atom. The van der Waals surface area contributed by atoms with E-state index in [0.717, 1.165) is 5.56 Å². The minimum atomic E-state index is -0.240. The third-order valence-electron chi connectivity index (χ3n) is 4.30. The molecule has 2 aromatic rings. The first kappa shape index (κ1) is 21.6. The van der Waals surface area contributed by atoms with Crippen LogP contribution >= 0.6 is 11.6 Å². The molecule has 1 aromatic carbocycles. The van der Waals surface area contributed by atoms with Gasteiger partial charge in [0, 0.05) is 31.0 Å². The number of nitrogens with one attached hydrogen (secondary N) is 1. The number of rotatable bonds is 6. The van der Waals surface area contributed by atoms with E-state index in [9.17, 15) is 9.59 Å². The van der Waals surface area contributed by atoms with Crippen LogP contribution in [0.3, 0.4) is 0 Å². The van der Waals surface area contributed by atoms with Gasteiger partial charge in [-0.1, -0.05) is 42.8 Å². The SMILES string of the molecule is CCN(C(C)=O)c1nc(C)c(C=CC(C)c2ccc(Cl)cc2)c(NC(C)=O)n1. The number of benzene rings is 1. The summed E-state index contributed by atoms with van der Waals surface area (Å²) < 4.78 is 0. The van der Waals surface area contributed by atoms with Crippen LogP contribution in [0.1, 0.15) is 50.4 Å². The predicted molar refractivity (Wildman–Crippen MR) is 114 cm³/mol. The molecule has 0 saturated heterocycles. The molecular weight excluding hydrogens is 376 g/mol. The zero-order valence-electron chi connectivity index (χ0n) is 16.8. The molecule has 0 fully saturated rings. The topological polar surface area (TPSA) is 75.2 Å². The zero-order valence-corrected chi connectivity index (χ0v) is 17.5. The van der Waals surface area contributed by atoms with Crippen LogP contribution in [0.4, 0.5) is 11.8 Å². The Morgan fingerprint density at radius 3 is 2.39 bits per heavy atom. The van der Waals surface area contributed by atoms with Crippen molar-refractivity contribution in [3.63, 3.8) is 0 Å². The van der Waals surface area contributed by atoms with Gasteiger partial charge in [-0.3, -0.25) is 14.5 Å². The lowest BCUT2D eigenvalue weighted by Gasteiger charge is -2.19. The highest BCUT2D eigenvalue weighted by Crippen LogP contribution is 2.25. The fourth-order valence-electron chi connectivity index (χ4n) is 2.77. The number of halogens is 1. The number of amides is 2. The van der Waals surface area contributed by atoms with Crippen LogP contribution in [0.15, 0.2) is 30.3 Å². The summed E-state index contributed by atoms with van der Waals surface area (Å²) >= 11 is 5.95. The van der Waals surface area contributed by atoms with Crippen LogP contribution in [0.5, 0.6) is 0 Å². The largest absolute Gasteiger partial charge is 0.310 e. The lowest BCUT2D eigenvalue weighted by atomic mass is 10.00. The van der Waals surface area contributed by atoms with E-state index < -0.39 is 0 Å². The van der Waals surface area contributed by atoms with Crippen LogP contribution in [0.25, 0.3) is 6.08 Å². The van der Waals surface area contributed by atoms with Gasteiger partial charge in [-0.05, 0) is 37.5 Å². The molecule has 0 aliphatic heterocycles. The highest BCUT2D eigenvalue weighted by molar-refractivity contribution is 6.30. The molecule has 0 radical (unpaired) electrons. The minimum Gasteiger partial charge on any atom is -0.310 e. The highest BCUT2D eigenvalue weighted by Gasteiger charge is 2.17. The molecular formula is C21H25ClN4O2.